The standard InChI is InChI=1S/C8H9Cl2N3O2S/c9-5(10)6(14)11-8-13-12-7(16-8)4-2-1-3-15-4/h4-5H,1-3H2,(H,11,13,14). The minimum absolute atomic E-state index is 0.00551. The van der Waals surface area contributed by atoms with Crippen LogP contribution in [0.2, 0.25) is 0 Å². The third kappa shape index (κ3) is 2.82. The summed E-state index contributed by atoms with van der Waals surface area (Å²) in [5.41, 5.74) is 0. The number of halogens is 2. The molecule has 0 aliphatic carbocycles. The molecule has 0 bridgehead atoms. The maximum atomic E-state index is 11.2. The maximum Gasteiger partial charge on any atom is 0.259 e. The van der Waals surface area contributed by atoms with Crippen molar-refractivity contribution in [3.05, 3.63) is 5.01 Å². The lowest BCUT2D eigenvalue weighted by Crippen LogP contribution is -2.18. The predicted molar refractivity (Wildman–Crippen MR) is 62.0 cm³/mol. The van der Waals surface area contributed by atoms with Crippen LogP contribution in [0.1, 0.15) is 24.0 Å². The Morgan fingerprint density at radius 1 is 1.56 bits per heavy atom. The fourth-order valence-electron chi connectivity index (χ4n) is 1.35. The number of amides is 1. The SMILES string of the molecule is O=C(Nc1nnc(C2CCCO2)s1)C(Cl)Cl. The molecule has 1 saturated heterocycles. The van der Waals surface area contributed by atoms with Crippen molar-refractivity contribution in [3.63, 3.8) is 0 Å². The molecule has 1 aromatic rings. The van der Waals surface area contributed by atoms with Crippen molar-refractivity contribution >= 4 is 45.6 Å². The molecule has 1 amide bonds. The molecule has 5 nitrogen and oxygen atoms in total. The van der Waals surface area contributed by atoms with E-state index < -0.39 is 10.7 Å². The summed E-state index contributed by atoms with van der Waals surface area (Å²) in [5.74, 6) is -0.502. The number of hydrogen-bond acceptors (Lipinski definition) is 5. The molecule has 0 spiro atoms. The number of alkyl halides is 2. The van der Waals surface area contributed by atoms with Crippen molar-refractivity contribution in [2.45, 2.75) is 23.8 Å². The Morgan fingerprint density at radius 3 is 3.00 bits per heavy atom. The lowest BCUT2D eigenvalue weighted by atomic mass is 10.2. The highest BCUT2D eigenvalue weighted by Crippen LogP contribution is 2.31. The second kappa shape index (κ2) is 5.27. The van der Waals surface area contributed by atoms with E-state index in [1.165, 1.54) is 11.3 Å². The van der Waals surface area contributed by atoms with Gasteiger partial charge < -0.3 is 4.74 Å². The maximum absolute atomic E-state index is 11.2. The van der Waals surface area contributed by atoms with Crippen molar-refractivity contribution < 1.29 is 9.53 Å². The van der Waals surface area contributed by atoms with Crippen LogP contribution < -0.4 is 5.32 Å². The first-order valence-corrected chi connectivity index (χ1v) is 6.40. The van der Waals surface area contributed by atoms with Gasteiger partial charge in [-0.2, -0.15) is 0 Å². The van der Waals surface area contributed by atoms with Crippen molar-refractivity contribution in [1.82, 2.24) is 10.2 Å². The monoisotopic (exact) mass is 281 g/mol. The van der Waals surface area contributed by atoms with Gasteiger partial charge in [-0.15, -0.1) is 10.2 Å². The van der Waals surface area contributed by atoms with E-state index in [2.05, 4.69) is 15.5 Å². The van der Waals surface area contributed by atoms with Crippen LogP contribution in [0.4, 0.5) is 5.13 Å². The molecule has 0 aromatic carbocycles. The summed E-state index contributed by atoms with van der Waals surface area (Å²) < 4.78 is 5.45. The first-order valence-electron chi connectivity index (χ1n) is 4.71. The van der Waals surface area contributed by atoms with Gasteiger partial charge in [-0.05, 0) is 12.8 Å². The largest absolute Gasteiger partial charge is 0.371 e. The third-order valence-corrected chi connectivity index (χ3v) is 3.40. The molecule has 2 heterocycles. The molecular weight excluding hydrogens is 273 g/mol. The zero-order valence-corrected chi connectivity index (χ0v) is 10.5. The summed E-state index contributed by atoms with van der Waals surface area (Å²) in [5, 5.41) is 11.4. The molecule has 1 aliphatic heterocycles. The van der Waals surface area contributed by atoms with Crippen molar-refractivity contribution in [3.8, 4) is 0 Å². The number of anilines is 1. The van der Waals surface area contributed by atoms with Crippen LogP contribution in [0.5, 0.6) is 0 Å². The molecule has 16 heavy (non-hydrogen) atoms. The van der Waals surface area contributed by atoms with Gasteiger partial charge in [-0.1, -0.05) is 34.5 Å². The minimum atomic E-state index is -1.10. The Labute approximate surface area is 106 Å². The number of carbonyl (C=O) groups excluding carboxylic acids is 1. The van der Waals surface area contributed by atoms with Gasteiger partial charge in [0, 0.05) is 6.61 Å². The second-order valence-corrected chi connectivity index (χ2v) is 5.34. The summed E-state index contributed by atoms with van der Waals surface area (Å²) in [6.45, 7) is 0.747. The number of carbonyl (C=O) groups is 1. The number of aromatic nitrogens is 2. The van der Waals surface area contributed by atoms with Gasteiger partial charge in [-0.25, -0.2) is 0 Å². The molecule has 88 valence electrons. The first-order chi connectivity index (χ1) is 7.66. The summed E-state index contributed by atoms with van der Waals surface area (Å²) >= 11 is 12.1. The molecule has 1 aromatic heterocycles. The van der Waals surface area contributed by atoms with Crippen molar-refractivity contribution in [1.29, 1.82) is 0 Å². The van der Waals surface area contributed by atoms with E-state index in [4.69, 9.17) is 27.9 Å². The lowest BCUT2D eigenvalue weighted by molar-refractivity contribution is -0.114. The number of rotatable bonds is 3. The Morgan fingerprint density at radius 2 is 2.38 bits per heavy atom. The highest BCUT2D eigenvalue weighted by Gasteiger charge is 2.22. The van der Waals surface area contributed by atoms with Gasteiger partial charge in [-0.3, -0.25) is 10.1 Å². The zero-order chi connectivity index (χ0) is 11.5. The molecule has 0 saturated carbocycles. The van der Waals surface area contributed by atoms with E-state index >= 15 is 0 Å². The van der Waals surface area contributed by atoms with Crippen LogP contribution in [0.3, 0.4) is 0 Å². The quantitative estimate of drug-likeness (QED) is 0.863. The van der Waals surface area contributed by atoms with E-state index in [1.807, 2.05) is 0 Å². The van der Waals surface area contributed by atoms with E-state index in [9.17, 15) is 4.79 Å². The minimum Gasteiger partial charge on any atom is -0.371 e. The molecule has 8 heteroatoms. The van der Waals surface area contributed by atoms with Gasteiger partial charge in [0.25, 0.3) is 5.91 Å². The van der Waals surface area contributed by atoms with Crippen molar-refractivity contribution in [2.24, 2.45) is 0 Å². The highest BCUT2D eigenvalue weighted by atomic mass is 35.5. The Bertz CT molecular complexity index is 379. The van der Waals surface area contributed by atoms with Gasteiger partial charge >= 0.3 is 0 Å². The van der Waals surface area contributed by atoms with E-state index in [1.54, 1.807) is 0 Å². The van der Waals surface area contributed by atoms with Crippen LogP contribution in [0, 0.1) is 0 Å². The number of nitrogens with zero attached hydrogens (tertiary/aromatic N) is 2. The summed E-state index contributed by atoms with van der Waals surface area (Å²) in [6.07, 6.45) is 1.97. The van der Waals surface area contributed by atoms with Crippen LogP contribution in [0.15, 0.2) is 0 Å². The summed E-state index contributed by atoms with van der Waals surface area (Å²) in [7, 11) is 0. The summed E-state index contributed by atoms with van der Waals surface area (Å²) in [6, 6.07) is 0. The highest BCUT2D eigenvalue weighted by molar-refractivity contribution is 7.15. The molecule has 1 fully saturated rings. The molecular formula is C8H9Cl2N3O2S. The molecule has 1 unspecified atom stereocenters. The topological polar surface area (TPSA) is 64.1 Å². The van der Waals surface area contributed by atoms with Gasteiger partial charge in [0.05, 0.1) is 0 Å². The van der Waals surface area contributed by atoms with Gasteiger partial charge in [0.2, 0.25) is 5.13 Å². The van der Waals surface area contributed by atoms with Crippen molar-refractivity contribution in [2.75, 3.05) is 11.9 Å². The normalized spacial score (nSPS) is 20.3. The summed E-state index contributed by atoms with van der Waals surface area (Å²) in [4.78, 5) is 10.1. The average molecular weight is 282 g/mol. The van der Waals surface area contributed by atoms with E-state index in [0.29, 0.717) is 5.13 Å². The lowest BCUT2D eigenvalue weighted by Gasteiger charge is -2.02. The molecule has 1 aliphatic rings. The van der Waals surface area contributed by atoms with Crippen LogP contribution in [-0.2, 0) is 9.53 Å². The Balaban J connectivity index is 1.99. The fourth-order valence-corrected chi connectivity index (χ4v) is 2.29. The van der Waals surface area contributed by atoms with Gasteiger partial charge in [0.1, 0.15) is 11.1 Å². The number of ether oxygens (including phenoxy) is 1. The molecule has 0 radical (unpaired) electrons. The average Bonchev–Trinajstić information content (AvgIpc) is 2.85. The van der Waals surface area contributed by atoms with Crippen LogP contribution in [-0.4, -0.2) is 27.5 Å². The molecule has 1 N–H and O–H groups in total. The van der Waals surface area contributed by atoms with Crippen LogP contribution >= 0.6 is 34.5 Å². The van der Waals surface area contributed by atoms with Gasteiger partial charge in [0.15, 0.2) is 4.84 Å². The molecule has 1 atom stereocenters. The Kier molecular flexibility index (Phi) is 3.96. The third-order valence-electron chi connectivity index (χ3n) is 2.07. The second-order valence-electron chi connectivity index (χ2n) is 3.24. The zero-order valence-electron chi connectivity index (χ0n) is 8.15. The number of nitrogens with one attached hydrogen (secondary N) is 1. The fraction of sp³-hybridized carbons (Fsp3) is 0.625. The smallest absolute Gasteiger partial charge is 0.259 e. The van der Waals surface area contributed by atoms with Crippen LogP contribution in [0.25, 0.3) is 0 Å². The van der Waals surface area contributed by atoms with E-state index in [-0.39, 0.29) is 6.10 Å². The number of hydrogen-bond donors (Lipinski definition) is 1. The van der Waals surface area contributed by atoms with E-state index in [0.717, 1.165) is 24.5 Å². The Hall–Kier alpha value is -0.430. The molecule has 2 rings (SSSR count). The first kappa shape index (κ1) is 12.0. The predicted octanol–water partition coefficient (Wildman–Crippen LogP) is 2.13.